The van der Waals surface area contributed by atoms with Crippen LogP contribution in [0, 0.1) is 0 Å². The van der Waals surface area contributed by atoms with Crippen LogP contribution in [-0.4, -0.2) is 10.9 Å². The van der Waals surface area contributed by atoms with Crippen LogP contribution in [0.4, 0.5) is 5.69 Å². The molecule has 21 heavy (non-hydrogen) atoms. The van der Waals surface area contributed by atoms with Crippen molar-refractivity contribution in [3.05, 3.63) is 78.5 Å². The van der Waals surface area contributed by atoms with Crippen LogP contribution < -0.4 is 5.32 Å². The van der Waals surface area contributed by atoms with Crippen LogP contribution in [0.25, 0.3) is 17.0 Å². The van der Waals surface area contributed by atoms with Crippen LogP contribution >= 0.6 is 0 Å². The summed E-state index contributed by atoms with van der Waals surface area (Å²) in [5.41, 5.74) is 2.62. The van der Waals surface area contributed by atoms with E-state index in [0.29, 0.717) is 0 Å². The maximum atomic E-state index is 12.0. The Hall–Kier alpha value is -2.94. The van der Waals surface area contributed by atoms with Crippen LogP contribution in [0.15, 0.2) is 72.9 Å². The van der Waals surface area contributed by atoms with Crippen molar-refractivity contribution in [2.24, 2.45) is 0 Å². The lowest BCUT2D eigenvalue weighted by Gasteiger charge is -2.05. The predicted octanol–water partition coefficient (Wildman–Crippen LogP) is 3.89. The third-order valence-electron chi connectivity index (χ3n) is 3.13. The van der Waals surface area contributed by atoms with Crippen molar-refractivity contribution in [2.75, 3.05) is 5.32 Å². The fourth-order valence-electron chi connectivity index (χ4n) is 2.12. The number of rotatable bonds is 3. The zero-order chi connectivity index (χ0) is 14.5. The van der Waals surface area contributed by atoms with E-state index in [0.717, 1.165) is 22.2 Å². The molecular formula is C18H14N2O. The van der Waals surface area contributed by atoms with Gasteiger partial charge in [0.15, 0.2) is 0 Å². The molecule has 3 heteroatoms. The summed E-state index contributed by atoms with van der Waals surface area (Å²) in [5.74, 6) is -0.157. The second-order valence-corrected chi connectivity index (χ2v) is 4.61. The summed E-state index contributed by atoms with van der Waals surface area (Å²) in [4.78, 5) is 16.3. The number of anilines is 1. The summed E-state index contributed by atoms with van der Waals surface area (Å²) in [6.45, 7) is 0. The summed E-state index contributed by atoms with van der Waals surface area (Å²) in [5, 5.41) is 3.82. The number of amides is 1. The van der Waals surface area contributed by atoms with E-state index in [1.54, 1.807) is 18.3 Å². The smallest absolute Gasteiger partial charge is 0.248 e. The number of aromatic nitrogens is 1. The number of nitrogens with one attached hydrogen (secondary N) is 1. The molecule has 102 valence electrons. The van der Waals surface area contributed by atoms with Gasteiger partial charge in [0.2, 0.25) is 5.91 Å². The number of hydrogen-bond acceptors (Lipinski definition) is 2. The molecule has 0 fully saturated rings. The van der Waals surface area contributed by atoms with Gasteiger partial charge < -0.3 is 5.32 Å². The maximum Gasteiger partial charge on any atom is 0.248 e. The van der Waals surface area contributed by atoms with Gasteiger partial charge in [-0.3, -0.25) is 9.78 Å². The van der Waals surface area contributed by atoms with Crippen LogP contribution in [0.3, 0.4) is 0 Å². The molecule has 0 radical (unpaired) electrons. The van der Waals surface area contributed by atoms with E-state index in [1.165, 1.54) is 6.08 Å². The van der Waals surface area contributed by atoms with Gasteiger partial charge in [0, 0.05) is 17.7 Å². The zero-order valence-corrected chi connectivity index (χ0v) is 11.4. The molecule has 3 nitrogen and oxygen atoms in total. The quantitative estimate of drug-likeness (QED) is 0.736. The number of benzene rings is 2. The highest BCUT2D eigenvalue weighted by Crippen LogP contribution is 2.20. The monoisotopic (exact) mass is 274 g/mol. The highest BCUT2D eigenvalue weighted by Gasteiger charge is 2.03. The van der Waals surface area contributed by atoms with E-state index < -0.39 is 0 Å². The molecule has 1 aromatic heterocycles. The first-order valence-electron chi connectivity index (χ1n) is 6.71. The largest absolute Gasteiger partial charge is 0.322 e. The zero-order valence-electron chi connectivity index (χ0n) is 11.4. The number of hydrogen-bond donors (Lipinski definition) is 1. The standard InChI is InChI=1S/C18H14N2O/c21-18(11-10-14-6-2-1-3-7-14)20-17-12-13-19-16-9-5-4-8-15(16)17/h1-13H,(H,19,20,21)/b11-10+. The van der Waals surface area contributed by atoms with Gasteiger partial charge in [0.25, 0.3) is 0 Å². The molecule has 1 amide bonds. The lowest BCUT2D eigenvalue weighted by molar-refractivity contribution is -0.111. The topological polar surface area (TPSA) is 42.0 Å². The van der Waals surface area contributed by atoms with Crippen LogP contribution in [0.1, 0.15) is 5.56 Å². The number of pyridine rings is 1. The van der Waals surface area contributed by atoms with Gasteiger partial charge in [-0.25, -0.2) is 0 Å². The van der Waals surface area contributed by atoms with Gasteiger partial charge >= 0.3 is 0 Å². The van der Waals surface area contributed by atoms with E-state index >= 15 is 0 Å². The van der Waals surface area contributed by atoms with Gasteiger partial charge in [-0.1, -0.05) is 48.5 Å². The molecule has 0 atom stereocenters. The Bertz CT molecular complexity index is 789. The van der Waals surface area contributed by atoms with Crippen LogP contribution in [-0.2, 0) is 4.79 Å². The predicted molar refractivity (Wildman–Crippen MR) is 85.8 cm³/mol. The van der Waals surface area contributed by atoms with Gasteiger partial charge in [-0.05, 0) is 23.8 Å². The van der Waals surface area contributed by atoms with Gasteiger partial charge in [0.05, 0.1) is 11.2 Å². The van der Waals surface area contributed by atoms with E-state index in [4.69, 9.17) is 0 Å². The molecule has 0 aliphatic rings. The minimum Gasteiger partial charge on any atom is -0.322 e. The van der Waals surface area contributed by atoms with Crippen LogP contribution in [0.2, 0.25) is 0 Å². The lowest BCUT2D eigenvalue weighted by atomic mass is 10.2. The molecule has 0 saturated carbocycles. The third-order valence-corrected chi connectivity index (χ3v) is 3.13. The highest BCUT2D eigenvalue weighted by atomic mass is 16.1. The molecule has 1 heterocycles. The van der Waals surface area contributed by atoms with Crippen molar-refractivity contribution in [1.29, 1.82) is 0 Å². The first-order valence-corrected chi connectivity index (χ1v) is 6.71. The molecule has 2 aromatic carbocycles. The normalized spacial score (nSPS) is 10.9. The fraction of sp³-hybridized carbons (Fsp3) is 0. The fourth-order valence-corrected chi connectivity index (χ4v) is 2.12. The number of fused-ring (bicyclic) bond motifs is 1. The lowest BCUT2D eigenvalue weighted by Crippen LogP contribution is -2.08. The molecule has 3 rings (SSSR count). The van der Waals surface area contributed by atoms with Gasteiger partial charge in [0.1, 0.15) is 0 Å². The van der Waals surface area contributed by atoms with E-state index in [2.05, 4.69) is 10.3 Å². The molecular weight excluding hydrogens is 260 g/mol. The molecule has 3 aromatic rings. The number of carbonyl (C=O) groups is 1. The summed E-state index contributed by atoms with van der Waals surface area (Å²) in [7, 11) is 0. The highest BCUT2D eigenvalue weighted by molar-refractivity contribution is 6.06. The Morgan fingerprint density at radius 2 is 1.71 bits per heavy atom. The first-order chi connectivity index (χ1) is 10.3. The molecule has 0 unspecified atom stereocenters. The van der Waals surface area contributed by atoms with Crippen molar-refractivity contribution in [2.45, 2.75) is 0 Å². The summed E-state index contributed by atoms with van der Waals surface area (Å²) < 4.78 is 0. The Morgan fingerprint density at radius 3 is 2.57 bits per heavy atom. The Balaban J connectivity index is 1.79. The SMILES string of the molecule is O=C(/C=C/c1ccccc1)Nc1ccnc2ccccc12. The van der Waals surface area contributed by atoms with Crippen LogP contribution in [0.5, 0.6) is 0 Å². The van der Waals surface area contributed by atoms with E-state index in [1.807, 2.05) is 54.6 Å². The minimum atomic E-state index is -0.157. The average molecular weight is 274 g/mol. The molecule has 0 bridgehead atoms. The molecule has 0 aliphatic heterocycles. The summed E-state index contributed by atoms with van der Waals surface area (Å²) in [6.07, 6.45) is 5.02. The number of nitrogens with zero attached hydrogens (tertiary/aromatic N) is 1. The van der Waals surface area contributed by atoms with Crippen molar-refractivity contribution in [3.63, 3.8) is 0 Å². The van der Waals surface area contributed by atoms with Crippen molar-refractivity contribution in [3.8, 4) is 0 Å². The molecule has 0 aliphatic carbocycles. The third kappa shape index (κ3) is 3.15. The average Bonchev–Trinajstić information content (AvgIpc) is 2.54. The Morgan fingerprint density at radius 1 is 0.952 bits per heavy atom. The number of para-hydroxylation sites is 1. The molecule has 0 saturated heterocycles. The van der Waals surface area contributed by atoms with E-state index in [9.17, 15) is 4.79 Å². The van der Waals surface area contributed by atoms with Gasteiger partial charge in [-0.2, -0.15) is 0 Å². The second kappa shape index (κ2) is 6.01. The van der Waals surface area contributed by atoms with Gasteiger partial charge in [-0.15, -0.1) is 0 Å². The second-order valence-electron chi connectivity index (χ2n) is 4.61. The van der Waals surface area contributed by atoms with Crippen molar-refractivity contribution < 1.29 is 4.79 Å². The Labute approximate surface area is 123 Å². The molecule has 1 N–H and O–H groups in total. The molecule has 0 spiro atoms. The van der Waals surface area contributed by atoms with E-state index in [-0.39, 0.29) is 5.91 Å². The summed E-state index contributed by atoms with van der Waals surface area (Å²) in [6, 6.07) is 19.2. The van der Waals surface area contributed by atoms with Crippen molar-refractivity contribution in [1.82, 2.24) is 4.98 Å². The number of carbonyl (C=O) groups excluding carboxylic acids is 1. The van der Waals surface area contributed by atoms with Crippen molar-refractivity contribution >= 4 is 28.6 Å². The maximum absolute atomic E-state index is 12.0. The summed E-state index contributed by atoms with van der Waals surface area (Å²) >= 11 is 0. The first kappa shape index (κ1) is 13.1. The minimum absolute atomic E-state index is 0.157. The Kier molecular flexibility index (Phi) is 3.74.